The highest BCUT2D eigenvalue weighted by Gasteiger charge is 2.11. The molecule has 0 aliphatic heterocycles. The van der Waals surface area contributed by atoms with Gasteiger partial charge in [0, 0.05) is 11.4 Å². The highest BCUT2D eigenvalue weighted by molar-refractivity contribution is 7.99. The van der Waals surface area contributed by atoms with Crippen molar-refractivity contribution in [3.8, 4) is 0 Å². The zero-order chi connectivity index (χ0) is 18.2. The first kappa shape index (κ1) is 19.2. The number of aromatic nitrogens is 1. The standard InChI is InChI=1S/C19H24N2O3S/c1-4-7-14(3)20-17(22)11-24-19(23)12-25-18-10-13(2)15-8-5-6-9-16(15)21-18/h5-6,8-10,14H,4,7,11-12H2,1-3H3,(H,20,22)/t14-/m1/s1. The van der Waals surface area contributed by atoms with Crippen LogP contribution in [0.15, 0.2) is 35.4 Å². The molecule has 5 nitrogen and oxygen atoms in total. The molecule has 2 aromatic rings. The first-order chi connectivity index (χ1) is 12.0. The van der Waals surface area contributed by atoms with E-state index in [1.165, 1.54) is 11.8 Å². The Morgan fingerprint density at radius 2 is 2.08 bits per heavy atom. The molecule has 1 heterocycles. The monoisotopic (exact) mass is 360 g/mol. The van der Waals surface area contributed by atoms with Crippen LogP contribution in [-0.2, 0) is 14.3 Å². The lowest BCUT2D eigenvalue weighted by Crippen LogP contribution is -2.35. The fourth-order valence-corrected chi connectivity index (χ4v) is 3.31. The van der Waals surface area contributed by atoms with Crippen molar-refractivity contribution in [1.29, 1.82) is 0 Å². The molecule has 0 saturated carbocycles. The molecule has 0 bridgehead atoms. The summed E-state index contributed by atoms with van der Waals surface area (Å²) in [5, 5.41) is 4.68. The normalized spacial score (nSPS) is 12.0. The summed E-state index contributed by atoms with van der Waals surface area (Å²) in [5.41, 5.74) is 2.02. The molecule has 134 valence electrons. The van der Waals surface area contributed by atoms with Gasteiger partial charge in [0.15, 0.2) is 6.61 Å². The van der Waals surface area contributed by atoms with Crippen molar-refractivity contribution in [1.82, 2.24) is 10.3 Å². The molecule has 2 rings (SSSR count). The van der Waals surface area contributed by atoms with E-state index in [1.807, 2.05) is 44.2 Å². The van der Waals surface area contributed by atoms with Gasteiger partial charge in [0.05, 0.1) is 16.3 Å². The lowest BCUT2D eigenvalue weighted by atomic mass is 10.1. The highest BCUT2D eigenvalue weighted by atomic mass is 32.2. The lowest BCUT2D eigenvalue weighted by Gasteiger charge is -2.12. The third-order valence-electron chi connectivity index (χ3n) is 3.73. The van der Waals surface area contributed by atoms with Crippen LogP contribution in [0.25, 0.3) is 10.9 Å². The zero-order valence-electron chi connectivity index (χ0n) is 14.9. The smallest absolute Gasteiger partial charge is 0.316 e. The van der Waals surface area contributed by atoms with Gasteiger partial charge < -0.3 is 10.1 Å². The first-order valence-electron chi connectivity index (χ1n) is 8.43. The zero-order valence-corrected chi connectivity index (χ0v) is 15.7. The summed E-state index contributed by atoms with van der Waals surface area (Å²) >= 11 is 1.31. The first-order valence-corrected chi connectivity index (χ1v) is 9.42. The molecule has 0 spiro atoms. The van der Waals surface area contributed by atoms with Gasteiger partial charge in [-0.25, -0.2) is 4.98 Å². The molecule has 0 unspecified atom stereocenters. The highest BCUT2D eigenvalue weighted by Crippen LogP contribution is 2.23. The number of ether oxygens (including phenoxy) is 1. The van der Waals surface area contributed by atoms with E-state index in [9.17, 15) is 9.59 Å². The van der Waals surface area contributed by atoms with E-state index in [0.717, 1.165) is 34.3 Å². The number of nitrogens with zero attached hydrogens (tertiary/aromatic N) is 1. The predicted molar refractivity (Wildman–Crippen MR) is 101 cm³/mol. The van der Waals surface area contributed by atoms with Crippen molar-refractivity contribution in [3.05, 3.63) is 35.9 Å². The van der Waals surface area contributed by atoms with E-state index >= 15 is 0 Å². The summed E-state index contributed by atoms with van der Waals surface area (Å²) in [6.07, 6.45) is 1.90. The third-order valence-corrected chi connectivity index (χ3v) is 4.62. The van der Waals surface area contributed by atoms with Crippen LogP contribution >= 0.6 is 11.8 Å². The second-order valence-corrected chi connectivity index (χ2v) is 7.00. The molecule has 25 heavy (non-hydrogen) atoms. The van der Waals surface area contributed by atoms with Gasteiger partial charge in [0.25, 0.3) is 5.91 Å². The molecule has 1 aromatic carbocycles. The van der Waals surface area contributed by atoms with Gasteiger partial charge in [-0.2, -0.15) is 0 Å². The Kier molecular flexibility index (Phi) is 7.25. The van der Waals surface area contributed by atoms with Crippen molar-refractivity contribution in [2.75, 3.05) is 12.4 Å². The van der Waals surface area contributed by atoms with Crippen LogP contribution in [0.3, 0.4) is 0 Å². The number of nitrogens with one attached hydrogen (secondary N) is 1. The number of thioether (sulfide) groups is 1. The van der Waals surface area contributed by atoms with Gasteiger partial charge in [0.1, 0.15) is 0 Å². The Morgan fingerprint density at radius 1 is 1.32 bits per heavy atom. The summed E-state index contributed by atoms with van der Waals surface area (Å²) in [5.74, 6) is -0.558. The molecule has 0 radical (unpaired) electrons. The number of aryl methyl sites for hydroxylation is 1. The Bertz CT molecular complexity index is 749. The van der Waals surface area contributed by atoms with Crippen molar-refractivity contribution in [2.24, 2.45) is 0 Å². The van der Waals surface area contributed by atoms with Crippen molar-refractivity contribution < 1.29 is 14.3 Å². The van der Waals surface area contributed by atoms with Gasteiger partial charge >= 0.3 is 5.97 Å². The van der Waals surface area contributed by atoms with Crippen LogP contribution in [0.4, 0.5) is 0 Å². The predicted octanol–water partition coefficient (Wildman–Crippen LogP) is 3.48. The Hall–Kier alpha value is -2.08. The fraction of sp³-hybridized carbons (Fsp3) is 0.421. The van der Waals surface area contributed by atoms with E-state index in [2.05, 4.69) is 17.2 Å². The van der Waals surface area contributed by atoms with Gasteiger partial charge in [-0.15, -0.1) is 0 Å². The lowest BCUT2D eigenvalue weighted by molar-refractivity contribution is -0.146. The molecule has 6 heteroatoms. The molecule has 0 aliphatic carbocycles. The molecule has 1 atom stereocenters. The number of amides is 1. The third kappa shape index (κ3) is 6.05. The van der Waals surface area contributed by atoms with E-state index in [0.29, 0.717) is 0 Å². The van der Waals surface area contributed by atoms with Gasteiger partial charge in [-0.1, -0.05) is 43.3 Å². The second-order valence-electron chi connectivity index (χ2n) is 6.00. The van der Waals surface area contributed by atoms with Crippen molar-refractivity contribution in [2.45, 2.75) is 44.7 Å². The molecule has 1 N–H and O–H groups in total. The van der Waals surface area contributed by atoms with E-state index in [1.54, 1.807) is 0 Å². The van der Waals surface area contributed by atoms with Gasteiger partial charge in [0.2, 0.25) is 0 Å². The topological polar surface area (TPSA) is 68.3 Å². The minimum absolute atomic E-state index is 0.0929. The maximum absolute atomic E-state index is 11.8. The van der Waals surface area contributed by atoms with Crippen LogP contribution in [-0.4, -0.2) is 35.3 Å². The number of para-hydroxylation sites is 1. The summed E-state index contributed by atoms with van der Waals surface area (Å²) in [4.78, 5) is 28.1. The minimum atomic E-state index is -0.420. The Balaban J connectivity index is 1.81. The number of hydrogen-bond acceptors (Lipinski definition) is 5. The number of rotatable bonds is 8. The summed E-state index contributed by atoms with van der Waals surface area (Å²) in [6, 6.07) is 9.95. The quantitative estimate of drug-likeness (QED) is 0.576. The van der Waals surface area contributed by atoms with Crippen LogP contribution < -0.4 is 5.32 Å². The number of fused-ring (bicyclic) bond motifs is 1. The van der Waals surface area contributed by atoms with Crippen LogP contribution in [0.2, 0.25) is 0 Å². The number of hydrogen-bond donors (Lipinski definition) is 1. The molecular weight excluding hydrogens is 336 g/mol. The SMILES string of the molecule is CCC[C@@H](C)NC(=O)COC(=O)CSc1cc(C)c2ccccc2n1. The van der Waals surface area contributed by atoms with E-state index in [4.69, 9.17) is 4.74 Å². The molecular formula is C19H24N2O3S. The van der Waals surface area contributed by atoms with Crippen molar-refractivity contribution >= 4 is 34.5 Å². The van der Waals surface area contributed by atoms with Gasteiger partial charge in [-0.05, 0) is 38.0 Å². The maximum atomic E-state index is 11.8. The van der Waals surface area contributed by atoms with Crippen molar-refractivity contribution in [3.63, 3.8) is 0 Å². The molecule has 1 amide bonds. The second kappa shape index (κ2) is 9.42. The maximum Gasteiger partial charge on any atom is 0.316 e. The van der Waals surface area contributed by atoms with Crippen LogP contribution in [0.5, 0.6) is 0 Å². The van der Waals surface area contributed by atoms with Crippen LogP contribution in [0.1, 0.15) is 32.3 Å². The molecule has 0 aliphatic rings. The Morgan fingerprint density at radius 3 is 2.84 bits per heavy atom. The minimum Gasteiger partial charge on any atom is -0.455 e. The van der Waals surface area contributed by atoms with Crippen LogP contribution in [0, 0.1) is 6.92 Å². The van der Waals surface area contributed by atoms with E-state index in [-0.39, 0.29) is 24.3 Å². The number of carbonyl (C=O) groups excluding carboxylic acids is 2. The summed E-state index contributed by atoms with van der Waals surface area (Å²) in [6.45, 7) is 5.78. The fourth-order valence-electron chi connectivity index (χ4n) is 2.53. The van der Waals surface area contributed by atoms with Gasteiger partial charge in [-0.3, -0.25) is 9.59 Å². The molecule has 0 saturated heterocycles. The largest absolute Gasteiger partial charge is 0.455 e. The average Bonchev–Trinajstić information content (AvgIpc) is 2.58. The number of benzene rings is 1. The van der Waals surface area contributed by atoms with E-state index < -0.39 is 5.97 Å². The number of pyridine rings is 1. The average molecular weight is 360 g/mol. The molecule has 0 fully saturated rings. The molecule has 1 aromatic heterocycles. The number of carbonyl (C=O) groups is 2. The Labute approximate surface area is 152 Å². The number of esters is 1. The summed E-state index contributed by atoms with van der Waals surface area (Å²) in [7, 11) is 0. The summed E-state index contributed by atoms with van der Waals surface area (Å²) < 4.78 is 5.02.